The number of amides is 2. The van der Waals surface area contributed by atoms with Crippen LogP contribution in [-0.2, 0) is 119 Å². The lowest BCUT2D eigenvalue weighted by atomic mass is 9.94. The van der Waals surface area contributed by atoms with Gasteiger partial charge in [-0.3, -0.25) is 19.2 Å². The standard InChI is InChI=1S/C68H112N2O47/c1-15-31(79)44(92)53(64(98-15)112-49-33(81)17(3)97-59(96)55(49)103-23(9)77)114-68-58(52(36(84)20(6)102-68)111-63-47(95)43(91)39(87)27(13-73)108-63)117-61-30(70-22(8)76)48(40(88)28(14-74)106-61)109-66-56(104-24(10)78)50(34(82)18(4)100-66)113-65-54(45(93)32(80)16(2)99-65)115-67-57(116-60-29(69-21(7)75)41(89)37(85)25(11-71)105-60)51(35(83)19(5)101-67)110-62-46(94)42(90)38(86)26(12-72)107-62/h15-20,25-68,71-74,79-96H,11-14H2,1-10H3,(H,69,75)(H,70,76)/t15-,16-,17-,18-,19-,20-,25+,26+,27+,28+,29+,30+,31-,32-,33-,34-,35-,36-,37+,38+,39+,40+,41+,42-,43-,44+,45+,46+,47+,48+,49+,50+,51+,52+,53+,54+,55+,56+,57+,58+,59?,60-,61-,62+,63+,64-,65-,66-,67-,68-/m0/s1. The van der Waals surface area contributed by atoms with Gasteiger partial charge in [0.2, 0.25) is 11.8 Å². The van der Waals surface area contributed by atoms with E-state index >= 15 is 0 Å². The molecule has 10 heterocycles. The summed E-state index contributed by atoms with van der Waals surface area (Å²) < 4.78 is 128. The van der Waals surface area contributed by atoms with Crippen LogP contribution in [0.1, 0.15) is 69.2 Å². The molecule has 0 radical (unpaired) electrons. The molecule has 10 fully saturated rings. The monoisotopic (exact) mass is 1710 g/mol. The predicted molar refractivity (Wildman–Crippen MR) is 364 cm³/mol. The topological polar surface area (TPSA) is 731 Å². The quantitative estimate of drug-likeness (QED) is 0.0358. The molecule has 2 amide bonds. The second-order valence-corrected chi connectivity index (χ2v) is 30.5. The van der Waals surface area contributed by atoms with Gasteiger partial charge in [0.25, 0.3) is 0 Å². The molecule has 0 saturated carbocycles. The molecule has 50 atom stereocenters. The molecule has 1 unspecified atom stereocenters. The SMILES string of the molecule is CC(=O)N[C@H]1[C@H](O[C@H]2[C@H](O[C@H]3[C@H](O[C@@H]4[C@@H](O)[C@H](C)O[C@@H](O[C@H]5[C@H](O)[C@@H](CO)O[C@@H](O[C@H]6[C@H](O[C@H]7[C@H](O[C@@H]8[C@@H](O)[C@H](C)OC(O)[C@@H]8OC(C)=O)O[C@@H](C)[C@H](O)[C@H]7O)O[C@@H](C)[C@H](O)[C@H]6O[C@H]6O[C@H](CO)[C@@H](O)[C@H](O)[C@H]6O)[C@@H]5NC(C)=O)[C@@H]4OC(C)=O)O[C@@H](C)[C@H](O)[C@H]3O)O[C@@H](C)[C@H](O)[C@H]2O[C@H]2O[C@H](CO)[C@@H](O)[C@H](O)[C@H]2O)O[C@H](CO)[C@@H](O)[C@@H]1O. The maximum Gasteiger partial charge on any atom is 0.303 e. The molecule has 10 saturated heterocycles. The normalized spacial score (nSPS) is 51.3. The van der Waals surface area contributed by atoms with Crippen molar-refractivity contribution >= 4 is 23.8 Å². The molecule has 0 aliphatic carbocycles. The highest BCUT2D eigenvalue weighted by Crippen LogP contribution is 2.43. The van der Waals surface area contributed by atoms with Crippen LogP contribution in [-0.4, -0.2) is 469 Å². The summed E-state index contributed by atoms with van der Waals surface area (Å²) in [5, 5.41) is 253. The van der Waals surface area contributed by atoms with E-state index in [1.54, 1.807) is 0 Å². The van der Waals surface area contributed by atoms with E-state index in [4.69, 9.17) is 99.5 Å². The summed E-state index contributed by atoms with van der Waals surface area (Å²) in [5.74, 6) is -4.05. The molecule has 10 aliphatic rings. The van der Waals surface area contributed by atoms with Crippen molar-refractivity contribution in [1.29, 1.82) is 0 Å². The average Bonchev–Trinajstić information content (AvgIpc) is 0.761. The van der Waals surface area contributed by atoms with Crippen molar-refractivity contribution in [2.24, 2.45) is 0 Å². The summed E-state index contributed by atoms with van der Waals surface area (Å²) in [5.41, 5.74) is 0. The van der Waals surface area contributed by atoms with Crippen molar-refractivity contribution in [1.82, 2.24) is 10.6 Å². The van der Waals surface area contributed by atoms with E-state index in [9.17, 15) is 132 Å². The third-order valence-electron chi connectivity index (χ3n) is 22.0. The average molecular weight is 1710 g/mol. The number of hydrogen-bond acceptors (Lipinski definition) is 47. The Morgan fingerprint density at radius 1 is 0.239 bits per heavy atom. The van der Waals surface area contributed by atoms with Gasteiger partial charge in [-0.1, -0.05) is 0 Å². The van der Waals surface area contributed by atoms with Gasteiger partial charge in [-0.25, -0.2) is 0 Å². The Morgan fingerprint density at radius 2 is 0.504 bits per heavy atom. The number of rotatable bonds is 26. The minimum atomic E-state index is -2.28. The van der Waals surface area contributed by atoms with Gasteiger partial charge in [-0.2, -0.15) is 0 Å². The molecule has 49 heteroatoms. The van der Waals surface area contributed by atoms with Gasteiger partial charge in [-0.15, -0.1) is 0 Å². The molecule has 0 aromatic heterocycles. The third-order valence-corrected chi connectivity index (χ3v) is 22.0. The lowest BCUT2D eigenvalue weighted by Gasteiger charge is -2.52. The number of carbonyl (C=O) groups is 4. The number of nitrogens with one attached hydrogen (secondary N) is 2. The van der Waals surface area contributed by atoms with Crippen LogP contribution in [0.25, 0.3) is 0 Å². The second kappa shape index (κ2) is 40.5. The lowest BCUT2D eigenvalue weighted by Crippen LogP contribution is -2.71. The molecule has 10 rings (SSSR count). The third kappa shape index (κ3) is 20.8. The first-order valence-electron chi connectivity index (χ1n) is 38.1. The Morgan fingerprint density at radius 3 is 0.880 bits per heavy atom. The van der Waals surface area contributed by atoms with Crippen molar-refractivity contribution in [3.63, 3.8) is 0 Å². The maximum atomic E-state index is 13.7. The summed E-state index contributed by atoms with van der Waals surface area (Å²) in [7, 11) is 0. The van der Waals surface area contributed by atoms with Crippen LogP contribution in [0.15, 0.2) is 0 Å². The van der Waals surface area contributed by atoms with Gasteiger partial charge in [-0.05, 0) is 41.5 Å². The van der Waals surface area contributed by atoms with Crippen LogP contribution in [0.4, 0.5) is 0 Å². The van der Waals surface area contributed by atoms with Gasteiger partial charge in [0, 0.05) is 27.7 Å². The van der Waals surface area contributed by atoms with Crippen LogP contribution < -0.4 is 10.6 Å². The Balaban J connectivity index is 1.00. The molecule has 24 N–H and O–H groups in total. The predicted octanol–water partition coefficient (Wildman–Crippen LogP) is -15.2. The van der Waals surface area contributed by atoms with Crippen molar-refractivity contribution < 1.29 is 231 Å². The Hall–Kier alpha value is -3.76. The lowest BCUT2D eigenvalue weighted by molar-refractivity contribution is -0.413. The summed E-state index contributed by atoms with van der Waals surface area (Å²) in [6, 6.07) is -3.84. The van der Waals surface area contributed by atoms with Crippen LogP contribution in [0, 0.1) is 0 Å². The number of aliphatic hydroxyl groups excluding tert-OH is 22. The van der Waals surface area contributed by atoms with Gasteiger partial charge < -0.3 is 222 Å². The zero-order valence-corrected chi connectivity index (χ0v) is 64.7. The van der Waals surface area contributed by atoms with Crippen LogP contribution in [0.3, 0.4) is 0 Å². The van der Waals surface area contributed by atoms with Crippen molar-refractivity contribution in [3.05, 3.63) is 0 Å². The molecule has 676 valence electrons. The zero-order chi connectivity index (χ0) is 86.3. The minimum Gasteiger partial charge on any atom is -0.454 e. The van der Waals surface area contributed by atoms with Crippen LogP contribution in [0.5, 0.6) is 0 Å². The fourth-order valence-electron chi connectivity index (χ4n) is 15.4. The van der Waals surface area contributed by atoms with E-state index in [-0.39, 0.29) is 0 Å². The molecule has 49 nitrogen and oxygen atoms in total. The largest absolute Gasteiger partial charge is 0.454 e. The number of esters is 2. The highest BCUT2D eigenvalue weighted by atomic mass is 16.8. The van der Waals surface area contributed by atoms with Crippen molar-refractivity contribution in [2.45, 2.75) is 376 Å². The number of hydrogen-bond donors (Lipinski definition) is 24. The van der Waals surface area contributed by atoms with Gasteiger partial charge in [0.1, 0.15) is 195 Å². The fraction of sp³-hybridized carbons (Fsp3) is 0.941. The Labute approximate surface area is 666 Å². The summed E-state index contributed by atoms with van der Waals surface area (Å²) in [4.78, 5) is 52.4. The highest BCUT2D eigenvalue weighted by molar-refractivity contribution is 5.73. The summed E-state index contributed by atoms with van der Waals surface area (Å²) in [6.45, 7) is 7.05. The second-order valence-electron chi connectivity index (χ2n) is 30.5. The van der Waals surface area contributed by atoms with E-state index in [1.165, 1.54) is 41.5 Å². The van der Waals surface area contributed by atoms with E-state index < -0.39 is 357 Å². The molecule has 10 aliphatic heterocycles. The Kier molecular flexibility index (Phi) is 33.0. The van der Waals surface area contributed by atoms with Crippen molar-refractivity contribution in [3.8, 4) is 0 Å². The molecule has 0 spiro atoms. The van der Waals surface area contributed by atoms with Crippen molar-refractivity contribution in [2.75, 3.05) is 26.4 Å². The van der Waals surface area contributed by atoms with Gasteiger partial charge in [0.15, 0.2) is 75.1 Å². The molecular formula is C68H112N2O47. The number of ether oxygens (including phenoxy) is 21. The number of aliphatic hydroxyl groups is 22. The summed E-state index contributed by atoms with van der Waals surface area (Å²) in [6.07, 6.45) is -95.1. The summed E-state index contributed by atoms with van der Waals surface area (Å²) >= 11 is 0. The fourth-order valence-corrected chi connectivity index (χ4v) is 15.4. The molecular weight excluding hydrogens is 1600 g/mol. The smallest absolute Gasteiger partial charge is 0.303 e. The van der Waals surface area contributed by atoms with E-state index in [1.807, 2.05) is 0 Å². The minimum absolute atomic E-state index is 0.859. The first-order chi connectivity index (χ1) is 55.0. The molecule has 0 aromatic rings. The van der Waals surface area contributed by atoms with E-state index in [0.29, 0.717) is 0 Å². The zero-order valence-electron chi connectivity index (χ0n) is 64.7. The van der Waals surface area contributed by atoms with Crippen LogP contribution in [0.2, 0.25) is 0 Å². The molecule has 0 aromatic carbocycles. The highest BCUT2D eigenvalue weighted by Gasteiger charge is 2.63. The van der Waals surface area contributed by atoms with Crippen LogP contribution >= 0.6 is 0 Å². The first-order valence-corrected chi connectivity index (χ1v) is 38.1. The molecule has 117 heavy (non-hydrogen) atoms. The number of carbonyl (C=O) groups excluding carboxylic acids is 4. The van der Waals surface area contributed by atoms with Gasteiger partial charge >= 0.3 is 11.9 Å². The van der Waals surface area contributed by atoms with Gasteiger partial charge in [0.05, 0.1) is 63.1 Å². The van der Waals surface area contributed by atoms with E-state index in [2.05, 4.69) is 10.6 Å². The Bertz CT molecular complexity index is 3180. The maximum absolute atomic E-state index is 13.7. The molecule has 0 bridgehead atoms. The van der Waals surface area contributed by atoms with E-state index in [0.717, 1.165) is 27.7 Å². The first kappa shape index (κ1) is 95.5.